The molecular formula is C8H14BrNO7S2. The molecule has 0 spiro atoms. The van der Waals surface area contributed by atoms with E-state index in [0.29, 0.717) is 0 Å². The molecule has 1 heterocycles. The SMILES string of the molecule is Cc1ncoc1CCBr.O=S(=O)(O)CCS(=O)(=O)O. The summed E-state index contributed by atoms with van der Waals surface area (Å²) < 4.78 is 60.5. The van der Waals surface area contributed by atoms with Crippen molar-refractivity contribution in [2.24, 2.45) is 0 Å². The Morgan fingerprint density at radius 2 is 1.68 bits per heavy atom. The molecule has 0 aliphatic rings. The van der Waals surface area contributed by atoms with Gasteiger partial charge in [0.15, 0.2) is 6.39 Å². The second-order valence-corrected chi connectivity index (χ2v) is 7.31. The highest BCUT2D eigenvalue weighted by molar-refractivity contribution is 9.09. The van der Waals surface area contributed by atoms with Gasteiger partial charge in [-0.25, -0.2) is 4.98 Å². The van der Waals surface area contributed by atoms with Crippen LogP contribution in [0.3, 0.4) is 0 Å². The quantitative estimate of drug-likeness (QED) is 0.563. The predicted molar refractivity (Wildman–Crippen MR) is 71.6 cm³/mol. The summed E-state index contributed by atoms with van der Waals surface area (Å²) >= 11 is 3.32. The zero-order valence-corrected chi connectivity index (χ0v) is 13.2. The van der Waals surface area contributed by atoms with Crippen molar-refractivity contribution in [3.8, 4) is 0 Å². The van der Waals surface area contributed by atoms with Crippen molar-refractivity contribution in [3.05, 3.63) is 17.8 Å². The van der Waals surface area contributed by atoms with Crippen LogP contribution in [0, 0.1) is 6.92 Å². The molecule has 0 radical (unpaired) electrons. The van der Waals surface area contributed by atoms with Gasteiger partial charge in [0.05, 0.1) is 17.2 Å². The first-order valence-electron chi connectivity index (χ1n) is 4.90. The molecule has 2 N–H and O–H groups in total. The minimum Gasteiger partial charge on any atom is -0.448 e. The summed E-state index contributed by atoms with van der Waals surface area (Å²) in [5.41, 5.74) is 0.995. The van der Waals surface area contributed by atoms with Gasteiger partial charge in [-0.15, -0.1) is 0 Å². The molecule has 0 atom stereocenters. The van der Waals surface area contributed by atoms with Gasteiger partial charge >= 0.3 is 0 Å². The van der Waals surface area contributed by atoms with Crippen molar-refractivity contribution in [3.63, 3.8) is 0 Å². The summed E-state index contributed by atoms with van der Waals surface area (Å²) in [5.74, 6) is -0.982. The van der Waals surface area contributed by atoms with Crippen molar-refractivity contribution >= 4 is 36.2 Å². The van der Waals surface area contributed by atoms with Crippen LogP contribution in [0.5, 0.6) is 0 Å². The van der Waals surface area contributed by atoms with E-state index in [4.69, 9.17) is 13.5 Å². The highest BCUT2D eigenvalue weighted by atomic mass is 79.9. The molecular weight excluding hydrogens is 366 g/mol. The Morgan fingerprint density at radius 3 is 1.95 bits per heavy atom. The lowest BCUT2D eigenvalue weighted by atomic mass is 10.3. The van der Waals surface area contributed by atoms with Crippen LogP contribution >= 0.6 is 15.9 Å². The van der Waals surface area contributed by atoms with Crippen molar-refractivity contribution in [1.29, 1.82) is 0 Å². The molecule has 1 aromatic heterocycles. The maximum atomic E-state index is 9.86. The molecule has 19 heavy (non-hydrogen) atoms. The fourth-order valence-electron chi connectivity index (χ4n) is 0.863. The Morgan fingerprint density at radius 1 is 1.21 bits per heavy atom. The number of aryl methyl sites for hydroxylation is 2. The molecule has 8 nitrogen and oxygen atoms in total. The van der Waals surface area contributed by atoms with E-state index in [1.54, 1.807) is 0 Å². The monoisotopic (exact) mass is 379 g/mol. The molecule has 0 fully saturated rings. The van der Waals surface area contributed by atoms with Crippen LogP contribution in [0.1, 0.15) is 11.5 Å². The van der Waals surface area contributed by atoms with E-state index >= 15 is 0 Å². The first-order valence-corrected chi connectivity index (χ1v) is 9.24. The van der Waals surface area contributed by atoms with E-state index in [9.17, 15) is 16.8 Å². The number of alkyl halides is 1. The van der Waals surface area contributed by atoms with Crippen LogP contribution in [-0.4, -0.2) is 47.8 Å². The Labute approximate surface area is 119 Å². The van der Waals surface area contributed by atoms with E-state index in [1.165, 1.54) is 6.39 Å². The number of halogens is 1. The summed E-state index contributed by atoms with van der Waals surface area (Å²) in [5, 5.41) is 0.934. The molecule has 0 amide bonds. The van der Waals surface area contributed by atoms with Gasteiger partial charge < -0.3 is 4.42 Å². The molecule has 0 saturated carbocycles. The predicted octanol–water partition coefficient (Wildman–Crippen LogP) is 0.682. The van der Waals surface area contributed by atoms with Crippen LogP contribution in [0.25, 0.3) is 0 Å². The number of hydrogen-bond donors (Lipinski definition) is 2. The van der Waals surface area contributed by atoms with E-state index < -0.39 is 31.7 Å². The van der Waals surface area contributed by atoms with Crippen LogP contribution in [0.2, 0.25) is 0 Å². The van der Waals surface area contributed by atoms with E-state index in [1.807, 2.05) is 6.92 Å². The molecule has 0 unspecified atom stereocenters. The standard InChI is InChI=1S/C6H8BrNO.C2H6O6S2/c1-5-6(2-3-7)9-4-8-5;3-9(4,5)1-2-10(6,7)8/h4H,2-3H2,1H3;1-2H2,(H,3,4,5)(H,6,7,8). The van der Waals surface area contributed by atoms with E-state index in [-0.39, 0.29) is 0 Å². The van der Waals surface area contributed by atoms with Crippen molar-refractivity contribution < 1.29 is 30.4 Å². The molecule has 11 heteroatoms. The first-order chi connectivity index (χ1) is 8.55. The van der Waals surface area contributed by atoms with Gasteiger partial charge in [0.1, 0.15) is 5.76 Å². The van der Waals surface area contributed by atoms with Crippen molar-refractivity contribution in [1.82, 2.24) is 4.98 Å². The lowest BCUT2D eigenvalue weighted by molar-refractivity contribution is 0.472. The lowest BCUT2D eigenvalue weighted by Gasteiger charge is -1.92. The Bertz CT molecular complexity index is 546. The van der Waals surface area contributed by atoms with Gasteiger partial charge in [-0.05, 0) is 6.92 Å². The van der Waals surface area contributed by atoms with Gasteiger partial charge in [-0.3, -0.25) is 9.11 Å². The van der Waals surface area contributed by atoms with Crippen molar-refractivity contribution in [2.75, 3.05) is 16.8 Å². The van der Waals surface area contributed by atoms with Crippen LogP contribution in [0.15, 0.2) is 10.8 Å². The third-order valence-corrected chi connectivity index (χ3v) is 3.86. The Hall–Kier alpha value is -0.490. The van der Waals surface area contributed by atoms with Crippen molar-refractivity contribution in [2.45, 2.75) is 13.3 Å². The van der Waals surface area contributed by atoms with Gasteiger partial charge in [0, 0.05) is 11.8 Å². The number of hydrogen-bond acceptors (Lipinski definition) is 6. The lowest BCUT2D eigenvalue weighted by Crippen LogP contribution is -2.15. The second-order valence-electron chi connectivity index (χ2n) is 3.37. The molecule has 112 valence electrons. The summed E-state index contributed by atoms with van der Waals surface area (Å²) in [4.78, 5) is 3.95. The smallest absolute Gasteiger partial charge is 0.265 e. The molecule has 0 aromatic carbocycles. The minimum absolute atomic E-state index is 0.922. The zero-order chi connectivity index (χ0) is 15.1. The van der Waals surface area contributed by atoms with Gasteiger partial charge in [-0.2, -0.15) is 16.8 Å². The normalized spacial score (nSPS) is 11.8. The summed E-state index contributed by atoms with van der Waals surface area (Å²) in [6.07, 6.45) is 2.40. The molecule has 0 aliphatic heterocycles. The number of oxazole rings is 1. The first kappa shape index (κ1) is 18.5. The fourth-order valence-corrected chi connectivity index (χ4v) is 2.91. The van der Waals surface area contributed by atoms with E-state index in [0.717, 1.165) is 23.2 Å². The summed E-state index contributed by atoms with van der Waals surface area (Å²) in [6, 6.07) is 0. The topological polar surface area (TPSA) is 135 Å². The van der Waals surface area contributed by atoms with E-state index in [2.05, 4.69) is 20.9 Å². The zero-order valence-electron chi connectivity index (χ0n) is 9.98. The summed E-state index contributed by atoms with van der Waals surface area (Å²) in [6.45, 7) is 1.95. The maximum Gasteiger partial charge on any atom is 0.265 e. The number of aromatic nitrogens is 1. The maximum absolute atomic E-state index is 9.86. The van der Waals surface area contributed by atoms with Gasteiger partial charge in [0.25, 0.3) is 20.2 Å². The fraction of sp³-hybridized carbons (Fsp3) is 0.625. The molecule has 1 aromatic rings. The van der Waals surface area contributed by atoms with Gasteiger partial charge in [0.2, 0.25) is 0 Å². The second kappa shape index (κ2) is 7.94. The van der Waals surface area contributed by atoms with Crippen LogP contribution in [-0.2, 0) is 26.7 Å². The number of rotatable bonds is 5. The molecule has 0 aliphatic carbocycles. The minimum atomic E-state index is -4.30. The third-order valence-electron chi connectivity index (χ3n) is 1.77. The Balaban J connectivity index is 0.000000342. The Kier molecular flexibility index (Phi) is 7.74. The van der Waals surface area contributed by atoms with Crippen LogP contribution < -0.4 is 0 Å². The van der Waals surface area contributed by atoms with Gasteiger partial charge in [-0.1, -0.05) is 15.9 Å². The molecule has 0 saturated heterocycles. The number of nitrogens with zero attached hydrogens (tertiary/aromatic N) is 1. The highest BCUT2D eigenvalue weighted by Crippen LogP contribution is 2.06. The third kappa shape index (κ3) is 11.1. The highest BCUT2D eigenvalue weighted by Gasteiger charge is 2.11. The largest absolute Gasteiger partial charge is 0.448 e. The average Bonchev–Trinajstić information content (AvgIpc) is 2.62. The van der Waals surface area contributed by atoms with Crippen LogP contribution in [0.4, 0.5) is 0 Å². The average molecular weight is 380 g/mol. The molecule has 1 rings (SSSR count). The summed E-state index contributed by atoms with van der Waals surface area (Å²) in [7, 11) is -8.59. The molecule has 0 bridgehead atoms.